The molecule has 0 radical (unpaired) electrons. The Balaban J connectivity index is 1.50. The fourth-order valence-electron chi connectivity index (χ4n) is 3.08. The second kappa shape index (κ2) is 11.6. The molecule has 0 unspecified atom stereocenters. The van der Waals surface area contributed by atoms with E-state index in [1.165, 1.54) is 36.4 Å². The van der Waals surface area contributed by atoms with Gasteiger partial charge in [0.05, 0.1) is 12.2 Å². The molecule has 0 saturated carbocycles. The summed E-state index contributed by atoms with van der Waals surface area (Å²) in [6, 6.07) is 14.4. The van der Waals surface area contributed by atoms with Crippen molar-refractivity contribution in [2.24, 2.45) is 0 Å². The largest absolute Gasteiger partial charge is 0.484 e. The van der Waals surface area contributed by atoms with Gasteiger partial charge in [0.2, 0.25) is 0 Å². The van der Waals surface area contributed by atoms with Crippen molar-refractivity contribution in [1.29, 1.82) is 0 Å². The van der Waals surface area contributed by atoms with E-state index in [4.69, 9.17) is 20.9 Å². The van der Waals surface area contributed by atoms with Gasteiger partial charge in [-0.3, -0.25) is 0 Å². The molecule has 3 aromatic rings. The van der Waals surface area contributed by atoms with Crippen LogP contribution < -0.4 is 20.9 Å². The van der Waals surface area contributed by atoms with Crippen LogP contribution in [0.4, 0.5) is 33.3 Å². The normalized spacial score (nSPS) is 11.9. The quantitative estimate of drug-likeness (QED) is 0.153. The zero-order valence-corrected chi connectivity index (χ0v) is 19.3. The number of hydrogen-bond donors (Lipinski definition) is 2. The minimum atomic E-state index is -4.54. The van der Waals surface area contributed by atoms with E-state index in [1.54, 1.807) is 18.2 Å². The van der Waals surface area contributed by atoms with Crippen LogP contribution in [0.2, 0.25) is 0 Å². The number of carbonyl (C=O) groups is 1. The van der Waals surface area contributed by atoms with E-state index >= 15 is 0 Å². The molecule has 0 saturated heterocycles. The van der Waals surface area contributed by atoms with Crippen molar-refractivity contribution >= 4 is 23.4 Å². The van der Waals surface area contributed by atoms with E-state index in [0.29, 0.717) is 23.4 Å². The summed E-state index contributed by atoms with van der Waals surface area (Å²) < 4.78 is 79.9. The molecule has 37 heavy (non-hydrogen) atoms. The van der Waals surface area contributed by atoms with Crippen LogP contribution in [0.5, 0.6) is 11.5 Å². The van der Waals surface area contributed by atoms with Gasteiger partial charge in [-0.2, -0.15) is 22.0 Å². The smallest absolute Gasteiger partial charge is 0.426 e. The Hall–Kier alpha value is -4.28. The molecule has 0 amide bonds. The molecular formula is C26H23F5N2O4. The summed E-state index contributed by atoms with van der Waals surface area (Å²) >= 11 is 0. The standard InChI is InChI=1S/C26H23F5N2O4/c27-25(28,29)16-36-21-10-5-19(6-11-21)26(30,31)37-22-8-1-17(2-9-22)3-12-24(34)35-14-13-18-4-7-20(32)15-23(18)33/h1-12,15H,13-14,16,32-33H2/b12-3+. The Bertz CT molecular complexity index is 1230. The fraction of sp³-hybridized carbons (Fsp3) is 0.192. The topological polar surface area (TPSA) is 96.8 Å². The first-order valence-corrected chi connectivity index (χ1v) is 10.9. The third kappa shape index (κ3) is 8.71. The summed E-state index contributed by atoms with van der Waals surface area (Å²) in [7, 11) is 0. The first-order valence-electron chi connectivity index (χ1n) is 10.9. The van der Waals surface area contributed by atoms with Crippen LogP contribution in [0.3, 0.4) is 0 Å². The summed E-state index contributed by atoms with van der Waals surface area (Å²) in [6.07, 6.45) is -5.24. The number of halogens is 5. The van der Waals surface area contributed by atoms with Gasteiger partial charge < -0.3 is 25.7 Å². The summed E-state index contributed by atoms with van der Waals surface area (Å²) in [4.78, 5) is 11.9. The van der Waals surface area contributed by atoms with Crippen molar-refractivity contribution in [1.82, 2.24) is 0 Å². The van der Waals surface area contributed by atoms with Crippen molar-refractivity contribution in [3.8, 4) is 11.5 Å². The Labute approximate surface area is 209 Å². The van der Waals surface area contributed by atoms with Crippen molar-refractivity contribution in [2.45, 2.75) is 18.7 Å². The summed E-state index contributed by atoms with van der Waals surface area (Å²) in [5.74, 6) is -0.965. The van der Waals surface area contributed by atoms with Crippen molar-refractivity contribution in [2.75, 3.05) is 24.7 Å². The molecule has 196 valence electrons. The average molecular weight is 522 g/mol. The molecule has 0 heterocycles. The van der Waals surface area contributed by atoms with Gasteiger partial charge in [0.15, 0.2) is 6.61 Å². The van der Waals surface area contributed by atoms with E-state index in [0.717, 1.165) is 29.8 Å². The maximum absolute atomic E-state index is 14.5. The van der Waals surface area contributed by atoms with E-state index in [9.17, 15) is 26.7 Å². The Morgan fingerprint density at radius 3 is 2.14 bits per heavy atom. The number of esters is 1. The molecule has 11 heteroatoms. The van der Waals surface area contributed by atoms with Gasteiger partial charge >= 0.3 is 18.3 Å². The van der Waals surface area contributed by atoms with Gasteiger partial charge in [0.25, 0.3) is 0 Å². The van der Waals surface area contributed by atoms with Crippen LogP contribution in [-0.4, -0.2) is 25.4 Å². The molecule has 0 aromatic heterocycles. The third-order valence-electron chi connectivity index (χ3n) is 4.92. The number of anilines is 2. The highest BCUT2D eigenvalue weighted by atomic mass is 19.4. The van der Waals surface area contributed by atoms with E-state index in [-0.39, 0.29) is 18.1 Å². The number of rotatable bonds is 10. The van der Waals surface area contributed by atoms with Crippen molar-refractivity contribution < 1.29 is 41.0 Å². The Morgan fingerprint density at radius 2 is 1.51 bits per heavy atom. The van der Waals surface area contributed by atoms with Gasteiger partial charge in [-0.1, -0.05) is 18.2 Å². The highest BCUT2D eigenvalue weighted by molar-refractivity contribution is 5.87. The number of ether oxygens (including phenoxy) is 3. The number of nitrogens with two attached hydrogens (primary N) is 2. The molecule has 3 aromatic carbocycles. The van der Waals surface area contributed by atoms with E-state index in [2.05, 4.69) is 4.74 Å². The zero-order valence-electron chi connectivity index (χ0n) is 19.3. The number of carbonyl (C=O) groups excluding carboxylic acids is 1. The lowest BCUT2D eigenvalue weighted by Gasteiger charge is -2.19. The maximum atomic E-state index is 14.5. The highest BCUT2D eigenvalue weighted by Crippen LogP contribution is 2.33. The predicted octanol–water partition coefficient (Wildman–Crippen LogP) is 5.72. The summed E-state index contributed by atoms with van der Waals surface area (Å²) in [5.41, 5.74) is 13.3. The average Bonchev–Trinajstić information content (AvgIpc) is 2.83. The van der Waals surface area contributed by atoms with Crippen LogP contribution >= 0.6 is 0 Å². The molecule has 0 aliphatic heterocycles. The molecule has 0 spiro atoms. The Morgan fingerprint density at radius 1 is 0.865 bits per heavy atom. The molecule has 0 aliphatic rings. The van der Waals surface area contributed by atoms with Gasteiger partial charge in [-0.25, -0.2) is 4.79 Å². The summed E-state index contributed by atoms with van der Waals surface area (Å²) in [5, 5.41) is 0. The molecule has 4 N–H and O–H groups in total. The fourth-order valence-corrected chi connectivity index (χ4v) is 3.08. The first-order chi connectivity index (χ1) is 17.4. The van der Waals surface area contributed by atoms with Gasteiger partial charge in [-0.05, 0) is 65.7 Å². The van der Waals surface area contributed by atoms with Crippen LogP contribution in [0, 0.1) is 0 Å². The van der Waals surface area contributed by atoms with E-state index < -0.39 is 30.4 Å². The van der Waals surface area contributed by atoms with Crippen molar-refractivity contribution in [3.05, 3.63) is 89.5 Å². The highest BCUT2D eigenvalue weighted by Gasteiger charge is 2.34. The molecular weight excluding hydrogens is 499 g/mol. The number of hydrogen-bond acceptors (Lipinski definition) is 6. The second-order valence-electron chi connectivity index (χ2n) is 7.83. The Kier molecular flexibility index (Phi) is 8.59. The predicted molar refractivity (Wildman–Crippen MR) is 128 cm³/mol. The molecule has 0 atom stereocenters. The monoisotopic (exact) mass is 522 g/mol. The van der Waals surface area contributed by atoms with Crippen LogP contribution in [0.15, 0.2) is 72.8 Å². The number of nitrogen functional groups attached to an aromatic ring is 2. The lowest BCUT2D eigenvalue weighted by molar-refractivity contribution is -0.185. The van der Waals surface area contributed by atoms with E-state index in [1.807, 2.05) is 0 Å². The minimum absolute atomic E-state index is 0.106. The van der Waals surface area contributed by atoms with Gasteiger partial charge in [-0.15, -0.1) is 0 Å². The second-order valence-corrected chi connectivity index (χ2v) is 7.83. The van der Waals surface area contributed by atoms with Crippen LogP contribution in [0.1, 0.15) is 16.7 Å². The maximum Gasteiger partial charge on any atom is 0.426 e. The molecule has 3 rings (SSSR count). The molecule has 0 bridgehead atoms. The van der Waals surface area contributed by atoms with Crippen LogP contribution in [0.25, 0.3) is 6.08 Å². The third-order valence-corrected chi connectivity index (χ3v) is 4.92. The molecule has 6 nitrogen and oxygen atoms in total. The summed E-state index contributed by atoms with van der Waals surface area (Å²) in [6.45, 7) is -1.43. The van der Waals surface area contributed by atoms with Crippen molar-refractivity contribution in [3.63, 3.8) is 0 Å². The SMILES string of the molecule is Nc1ccc(CCOC(=O)/C=C/c2ccc(OC(F)(F)c3ccc(OCC(F)(F)F)cc3)cc2)c(N)c1. The van der Waals surface area contributed by atoms with Gasteiger partial charge in [0, 0.05) is 23.9 Å². The molecule has 0 aliphatic carbocycles. The lowest BCUT2D eigenvalue weighted by Crippen LogP contribution is -2.22. The lowest BCUT2D eigenvalue weighted by atomic mass is 10.1. The first kappa shape index (κ1) is 27.3. The number of benzene rings is 3. The number of alkyl halides is 5. The minimum Gasteiger partial charge on any atom is -0.484 e. The zero-order chi connectivity index (χ0) is 27.1. The van der Waals surface area contributed by atoms with Gasteiger partial charge in [0.1, 0.15) is 11.5 Å². The van der Waals surface area contributed by atoms with Crippen LogP contribution in [-0.2, 0) is 22.1 Å². The molecule has 0 fully saturated rings.